The van der Waals surface area contributed by atoms with Gasteiger partial charge in [-0.15, -0.1) is 0 Å². The smallest absolute Gasteiger partial charge is 0.0685 e. The van der Waals surface area contributed by atoms with E-state index in [2.05, 4.69) is 6.92 Å². The van der Waals surface area contributed by atoms with Gasteiger partial charge in [0.15, 0.2) is 0 Å². The van der Waals surface area contributed by atoms with Gasteiger partial charge >= 0.3 is 0 Å². The first-order chi connectivity index (χ1) is 6.20. The Balaban J connectivity index is 3.14. The second kappa shape index (κ2) is 4.40. The van der Waals surface area contributed by atoms with E-state index in [1.165, 1.54) is 5.56 Å². The van der Waals surface area contributed by atoms with Crippen LogP contribution in [0.3, 0.4) is 0 Å². The molecular formula is C11H17NO. The van der Waals surface area contributed by atoms with Gasteiger partial charge < -0.3 is 10.8 Å². The van der Waals surface area contributed by atoms with Gasteiger partial charge in [-0.3, -0.25) is 0 Å². The van der Waals surface area contributed by atoms with Crippen LogP contribution < -0.4 is 5.73 Å². The van der Waals surface area contributed by atoms with Gasteiger partial charge in [0.05, 0.1) is 6.61 Å². The number of hydrogen-bond acceptors (Lipinski definition) is 2. The Morgan fingerprint density at radius 1 is 1.46 bits per heavy atom. The second-order valence-corrected chi connectivity index (χ2v) is 3.32. The van der Waals surface area contributed by atoms with Gasteiger partial charge in [0, 0.05) is 6.04 Å². The molecular weight excluding hydrogens is 162 g/mol. The van der Waals surface area contributed by atoms with Gasteiger partial charge in [0.25, 0.3) is 0 Å². The van der Waals surface area contributed by atoms with Crippen molar-refractivity contribution in [2.24, 2.45) is 5.73 Å². The Morgan fingerprint density at radius 3 is 2.69 bits per heavy atom. The lowest BCUT2D eigenvalue weighted by atomic mass is 9.95. The van der Waals surface area contributed by atoms with Crippen LogP contribution in [0.15, 0.2) is 18.2 Å². The molecule has 1 aromatic carbocycles. The molecule has 2 nitrogen and oxygen atoms in total. The SMILES string of the molecule is CC[C@@H](N)c1c(C)cccc1CO. The molecule has 0 unspecified atom stereocenters. The third-order valence-corrected chi connectivity index (χ3v) is 2.40. The summed E-state index contributed by atoms with van der Waals surface area (Å²) in [5.41, 5.74) is 9.19. The standard InChI is InChI=1S/C11H17NO/c1-3-10(12)11-8(2)5-4-6-9(11)7-13/h4-6,10,13H,3,7,12H2,1-2H3/t10-/m1/s1. The highest BCUT2D eigenvalue weighted by atomic mass is 16.3. The van der Waals surface area contributed by atoms with Gasteiger partial charge in [0.2, 0.25) is 0 Å². The molecule has 13 heavy (non-hydrogen) atoms. The normalized spacial score (nSPS) is 12.9. The van der Waals surface area contributed by atoms with Crippen molar-refractivity contribution in [3.05, 3.63) is 34.9 Å². The van der Waals surface area contributed by atoms with Crippen LogP contribution in [0.4, 0.5) is 0 Å². The van der Waals surface area contributed by atoms with Gasteiger partial charge in [-0.05, 0) is 30.0 Å². The zero-order valence-electron chi connectivity index (χ0n) is 8.25. The van der Waals surface area contributed by atoms with Crippen LogP contribution >= 0.6 is 0 Å². The Hall–Kier alpha value is -0.860. The Kier molecular flexibility index (Phi) is 3.46. The van der Waals surface area contributed by atoms with E-state index in [9.17, 15) is 0 Å². The fourth-order valence-corrected chi connectivity index (χ4v) is 1.61. The average Bonchev–Trinajstić information content (AvgIpc) is 2.16. The minimum Gasteiger partial charge on any atom is -0.392 e. The number of aliphatic hydroxyl groups is 1. The Bertz CT molecular complexity index is 283. The fourth-order valence-electron chi connectivity index (χ4n) is 1.61. The number of hydrogen-bond donors (Lipinski definition) is 2. The molecule has 1 atom stereocenters. The molecule has 0 aliphatic heterocycles. The summed E-state index contributed by atoms with van der Waals surface area (Å²) in [6.07, 6.45) is 0.901. The monoisotopic (exact) mass is 179 g/mol. The predicted molar refractivity (Wildman–Crippen MR) is 54.3 cm³/mol. The van der Waals surface area contributed by atoms with E-state index >= 15 is 0 Å². The number of aryl methyl sites for hydroxylation is 1. The lowest BCUT2D eigenvalue weighted by Gasteiger charge is -2.16. The zero-order valence-corrected chi connectivity index (χ0v) is 8.25. The van der Waals surface area contributed by atoms with E-state index in [0.29, 0.717) is 0 Å². The lowest BCUT2D eigenvalue weighted by Crippen LogP contribution is -2.13. The molecule has 0 fully saturated rings. The maximum atomic E-state index is 9.13. The summed E-state index contributed by atoms with van der Waals surface area (Å²) in [6, 6.07) is 5.96. The van der Waals surface area contributed by atoms with Crippen LogP contribution in [0.1, 0.15) is 36.1 Å². The molecule has 0 aliphatic carbocycles. The molecule has 0 heterocycles. The Morgan fingerprint density at radius 2 is 2.15 bits per heavy atom. The minimum atomic E-state index is 0.0448. The second-order valence-electron chi connectivity index (χ2n) is 3.32. The van der Waals surface area contributed by atoms with E-state index < -0.39 is 0 Å². The van der Waals surface area contributed by atoms with E-state index in [4.69, 9.17) is 10.8 Å². The highest BCUT2D eigenvalue weighted by Gasteiger charge is 2.10. The van der Waals surface area contributed by atoms with Crippen molar-refractivity contribution < 1.29 is 5.11 Å². The third kappa shape index (κ3) is 2.08. The van der Waals surface area contributed by atoms with Gasteiger partial charge in [-0.2, -0.15) is 0 Å². The molecule has 1 aromatic rings. The highest BCUT2D eigenvalue weighted by molar-refractivity contribution is 5.36. The average molecular weight is 179 g/mol. The number of nitrogens with two attached hydrogens (primary N) is 1. The van der Waals surface area contributed by atoms with E-state index in [1.807, 2.05) is 25.1 Å². The number of benzene rings is 1. The summed E-state index contributed by atoms with van der Waals surface area (Å²) in [6.45, 7) is 4.16. The first-order valence-corrected chi connectivity index (χ1v) is 4.65. The minimum absolute atomic E-state index is 0.0448. The quantitative estimate of drug-likeness (QED) is 0.744. The summed E-state index contributed by atoms with van der Waals surface area (Å²) in [5, 5.41) is 9.13. The van der Waals surface area contributed by atoms with Crippen LogP contribution in [0.5, 0.6) is 0 Å². The summed E-state index contributed by atoms with van der Waals surface area (Å²) >= 11 is 0. The van der Waals surface area contributed by atoms with Crippen LogP contribution in [0, 0.1) is 6.92 Å². The molecule has 0 radical (unpaired) electrons. The molecule has 0 saturated heterocycles. The number of aliphatic hydroxyl groups excluding tert-OH is 1. The predicted octanol–water partition coefficient (Wildman–Crippen LogP) is 1.90. The summed E-state index contributed by atoms with van der Waals surface area (Å²) < 4.78 is 0. The van der Waals surface area contributed by atoms with E-state index in [-0.39, 0.29) is 12.6 Å². The Labute approximate surface area is 79.4 Å². The van der Waals surface area contributed by atoms with Crippen molar-refractivity contribution in [2.75, 3.05) is 0 Å². The molecule has 3 N–H and O–H groups in total. The van der Waals surface area contributed by atoms with Gasteiger partial charge in [-0.1, -0.05) is 25.1 Å². The largest absolute Gasteiger partial charge is 0.392 e. The van der Waals surface area contributed by atoms with Crippen LogP contribution in [0.25, 0.3) is 0 Å². The lowest BCUT2D eigenvalue weighted by molar-refractivity contribution is 0.279. The summed E-state index contributed by atoms with van der Waals surface area (Å²) in [4.78, 5) is 0. The molecule has 2 heteroatoms. The molecule has 0 saturated carbocycles. The first-order valence-electron chi connectivity index (χ1n) is 4.65. The van der Waals surface area contributed by atoms with Crippen molar-refractivity contribution in [3.8, 4) is 0 Å². The molecule has 0 amide bonds. The van der Waals surface area contributed by atoms with Crippen LogP contribution in [-0.4, -0.2) is 5.11 Å². The van der Waals surface area contributed by atoms with Crippen molar-refractivity contribution in [2.45, 2.75) is 32.9 Å². The molecule has 0 spiro atoms. The van der Waals surface area contributed by atoms with Gasteiger partial charge in [0.1, 0.15) is 0 Å². The van der Waals surface area contributed by atoms with Crippen molar-refractivity contribution in [1.29, 1.82) is 0 Å². The van der Waals surface area contributed by atoms with Crippen LogP contribution in [-0.2, 0) is 6.61 Å². The van der Waals surface area contributed by atoms with Crippen molar-refractivity contribution >= 4 is 0 Å². The van der Waals surface area contributed by atoms with Gasteiger partial charge in [-0.25, -0.2) is 0 Å². The molecule has 0 bridgehead atoms. The zero-order chi connectivity index (χ0) is 9.84. The van der Waals surface area contributed by atoms with E-state index in [0.717, 1.165) is 17.5 Å². The maximum Gasteiger partial charge on any atom is 0.0685 e. The van der Waals surface area contributed by atoms with Crippen molar-refractivity contribution in [1.82, 2.24) is 0 Å². The fraction of sp³-hybridized carbons (Fsp3) is 0.455. The first kappa shape index (κ1) is 10.2. The highest BCUT2D eigenvalue weighted by Crippen LogP contribution is 2.22. The maximum absolute atomic E-state index is 9.13. The molecule has 72 valence electrons. The van der Waals surface area contributed by atoms with Crippen molar-refractivity contribution in [3.63, 3.8) is 0 Å². The topological polar surface area (TPSA) is 46.2 Å². The third-order valence-electron chi connectivity index (χ3n) is 2.40. The number of rotatable bonds is 3. The summed E-state index contributed by atoms with van der Waals surface area (Å²) in [7, 11) is 0. The molecule has 0 aromatic heterocycles. The summed E-state index contributed by atoms with van der Waals surface area (Å²) in [5.74, 6) is 0. The molecule has 0 aliphatic rings. The van der Waals surface area contributed by atoms with E-state index in [1.54, 1.807) is 0 Å². The van der Waals surface area contributed by atoms with Crippen LogP contribution in [0.2, 0.25) is 0 Å². The molecule has 1 rings (SSSR count).